The molecule has 2 heterocycles. The van der Waals surface area contributed by atoms with Crippen LogP contribution >= 0.6 is 11.8 Å². The summed E-state index contributed by atoms with van der Waals surface area (Å²) < 4.78 is 11.9. The Hall–Kier alpha value is -2.93. The van der Waals surface area contributed by atoms with Crippen LogP contribution in [0.3, 0.4) is 0 Å². The number of ether oxygens (including phenoxy) is 2. The molecule has 0 unspecified atom stereocenters. The van der Waals surface area contributed by atoms with E-state index in [0.29, 0.717) is 29.7 Å². The summed E-state index contributed by atoms with van der Waals surface area (Å²) in [7, 11) is 1.64. The van der Waals surface area contributed by atoms with Crippen LogP contribution in [0.15, 0.2) is 42.5 Å². The topological polar surface area (TPSA) is 76.2 Å². The third-order valence-electron chi connectivity index (χ3n) is 4.87. The van der Waals surface area contributed by atoms with Crippen LogP contribution in [0.25, 0.3) is 0 Å². The van der Waals surface area contributed by atoms with Crippen LogP contribution in [-0.2, 0) is 11.4 Å². The zero-order valence-corrected chi connectivity index (χ0v) is 17.4. The van der Waals surface area contributed by atoms with Crippen molar-refractivity contribution in [2.45, 2.75) is 25.7 Å². The second kappa shape index (κ2) is 8.21. The Kier molecular flexibility index (Phi) is 5.49. The quantitative estimate of drug-likeness (QED) is 0.654. The first-order valence-electron chi connectivity index (χ1n) is 9.38. The molecule has 0 saturated heterocycles. The first-order chi connectivity index (χ1) is 14.1. The molecule has 150 valence electrons. The van der Waals surface area contributed by atoms with Crippen molar-refractivity contribution < 1.29 is 14.3 Å². The van der Waals surface area contributed by atoms with Gasteiger partial charge in [0.15, 0.2) is 17.3 Å². The van der Waals surface area contributed by atoms with Crippen LogP contribution in [0.1, 0.15) is 33.2 Å². The van der Waals surface area contributed by atoms with Gasteiger partial charge in [-0.1, -0.05) is 42.0 Å². The van der Waals surface area contributed by atoms with Crippen molar-refractivity contribution in [3.63, 3.8) is 0 Å². The number of thioether (sulfide) groups is 1. The second-order valence-corrected chi connectivity index (χ2v) is 8.10. The van der Waals surface area contributed by atoms with Gasteiger partial charge in [-0.2, -0.15) is 5.10 Å². The number of hydrogen-bond acceptors (Lipinski definition) is 5. The molecule has 1 atom stereocenters. The van der Waals surface area contributed by atoms with Gasteiger partial charge in [0.1, 0.15) is 6.61 Å². The highest BCUT2D eigenvalue weighted by Gasteiger charge is 2.31. The summed E-state index contributed by atoms with van der Waals surface area (Å²) >= 11 is 1.56. The number of H-pyrrole nitrogens is 1. The fourth-order valence-corrected chi connectivity index (χ4v) is 4.73. The van der Waals surface area contributed by atoms with Crippen molar-refractivity contribution in [2.75, 3.05) is 18.2 Å². The fraction of sp³-hybridized carbons (Fsp3) is 0.273. The number of aromatic amines is 1. The molecule has 1 aliphatic heterocycles. The van der Waals surface area contributed by atoms with E-state index >= 15 is 0 Å². The largest absolute Gasteiger partial charge is 0.493 e. The third-order valence-corrected chi connectivity index (χ3v) is 6.12. The van der Waals surface area contributed by atoms with E-state index in [0.717, 1.165) is 22.4 Å². The maximum Gasteiger partial charge on any atom is 0.235 e. The van der Waals surface area contributed by atoms with Gasteiger partial charge in [0.05, 0.1) is 18.1 Å². The van der Waals surface area contributed by atoms with E-state index in [1.165, 1.54) is 5.56 Å². The number of anilines is 1. The van der Waals surface area contributed by atoms with Crippen LogP contribution < -0.4 is 14.8 Å². The van der Waals surface area contributed by atoms with Crippen LogP contribution in [0, 0.1) is 13.8 Å². The molecule has 1 aromatic heterocycles. The van der Waals surface area contributed by atoms with E-state index in [4.69, 9.17) is 9.47 Å². The molecule has 29 heavy (non-hydrogen) atoms. The molecule has 0 fully saturated rings. The zero-order chi connectivity index (χ0) is 20.4. The van der Waals surface area contributed by atoms with Gasteiger partial charge in [-0.25, -0.2) is 0 Å². The number of aromatic nitrogens is 2. The van der Waals surface area contributed by atoms with Gasteiger partial charge in [-0.05, 0) is 25.5 Å². The van der Waals surface area contributed by atoms with E-state index in [1.807, 2.05) is 37.3 Å². The van der Waals surface area contributed by atoms with Crippen molar-refractivity contribution in [3.8, 4) is 11.5 Å². The highest BCUT2D eigenvalue weighted by molar-refractivity contribution is 8.00. The molecular formula is C22H23N3O3S. The van der Waals surface area contributed by atoms with Crippen LogP contribution in [0.2, 0.25) is 0 Å². The SMILES string of the molecule is COc1cccc([C@H]2SCC(=O)Nc3n[nH]c(C)c32)c1OCc1cccc(C)c1. The minimum absolute atomic E-state index is 0.0598. The molecule has 0 spiro atoms. The Bertz CT molecular complexity index is 1050. The Morgan fingerprint density at radius 2 is 2.03 bits per heavy atom. The molecule has 0 bridgehead atoms. The van der Waals surface area contributed by atoms with Crippen LogP contribution in [0.5, 0.6) is 11.5 Å². The average molecular weight is 410 g/mol. The van der Waals surface area contributed by atoms with E-state index < -0.39 is 0 Å². The van der Waals surface area contributed by atoms with Crippen molar-refractivity contribution in [3.05, 3.63) is 70.4 Å². The Morgan fingerprint density at radius 1 is 1.21 bits per heavy atom. The predicted molar refractivity (Wildman–Crippen MR) is 115 cm³/mol. The van der Waals surface area contributed by atoms with E-state index in [-0.39, 0.29) is 11.2 Å². The molecule has 0 radical (unpaired) electrons. The van der Waals surface area contributed by atoms with Gasteiger partial charge in [0.25, 0.3) is 0 Å². The maximum absolute atomic E-state index is 12.1. The summed E-state index contributed by atoms with van der Waals surface area (Å²) in [4.78, 5) is 12.1. The molecule has 0 saturated carbocycles. The van der Waals surface area contributed by atoms with Gasteiger partial charge < -0.3 is 14.8 Å². The summed E-state index contributed by atoms with van der Waals surface area (Å²) in [6.07, 6.45) is 0. The van der Waals surface area contributed by atoms with Crippen molar-refractivity contribution in [1.29, 1.82) is 0 Å². The molecule has 2 N–H and O–H groups in total. The smallest absolute Gasteiger partial charge is 0.235 e. The number of carbonyl (C=O) groups excluding carboxylic acids is 1. The molecule has 1 aliphatic rings. The minimum atomic E-state index is -0.106. The second-order valence-electron chi connectivity index (χ2n) is 7.01. The number of fused-ring (bicyclic) bond motifs is 1. The van der Waals surface area contributed by atoms with Crippen LogP contribution in [0.4, 0.5) is 5.82 Å². The molecule has 2 aromatic carbocycles. The van der Waals surface area contributed by atoms with Crippen LogP contribution in [-0.4, -0.2) is 29.0 Å². The Balaban J connectivity index is 1.74. The Labute approximate surface area is 174 Å². The number of nitrogens with zero attached hydrogens (tertiary/aromatic N) is 1. The van der Waals surface area contributed by atoms with E-state index in [1.54, 1.807) is 18.9 Å². The maximum atomic E-state index is 12.1. The number of carbonyl (C=O) groups is 1. The lowest BCUT2D eigenvalue weighted by Crippen LogP contribution is -2.12. The van der Waals surface area contributed by atoms with Crippen molar-refractivity contribution >= 4 is 23.5 Å². The molecular weight excluding hydrogens is 386 g/mol. The number of methoxy groups -OCH3 is 1. The monoisotopic (exact) mass is 409 g/mol. The van der Waals surface area contributed by atoms with Crippen molar-refractivity contribution in [1.82, 2.24) is 10.2 Å². The summed E-state index contributed by atoms with van der Waals surface area (Å²) in [6.45, 7) is 4.46. The highest BCUT2D eigenvalue weighted by Crippen LogP contribution is 2.47. The summed E-state index contributed by atoms with van der Waals surface area (Å²) in [5.41, 5.74) is 5.13. The molecule has 0 aliphatic carbocycles. The molecule has 3 aromatic rings. The number of hydrogen-bond donors (Lipinski definition) is 2. The third kappa shape index (κ3) is 3.96. The van der Waals surface area contributed by atoms with Gasteiger partial charge in [-0.15, -0.1) is 11.8 Å². The van der Waals surface area contributed by atoms with Gasteiger partial charge in [0.2, 0.25) is 5.91 Å². The highest BCUT2D eigenvalue weighted by atomic mass is 32.2. The fourth-order valence-electron chi connectivity index (χ4n) is 3.52. The number of para-hydroxylation sites is 1. The normalized spacial score (nSPS) is 16.0. The van der Waals surface area contributed by atoms with E-state index in [9.17, 15) is 4.79 Å². The lowest BCUT2D eigenvalue weighted by molar-refractivity contribution is -0.113. The Morgan fingerprint density at radius 3 is 2.83 bits per heavy atom. The number of amides is 1. The zero-order valence-electron chi connectivity index (χ0n) is 16.6. The molecule has 7 heteroatoms. The average Bonchev–Trinajstić information content (AvgIpc) is 2.97. The lowest BCUT2D eigenvalue weighted by atomic mass is 10.0. The predicted octanol–water partition coefficient (Wildman–Crippen LogP) is 4.39. The van der Waals surface area contributed by atoms with Crippen molar-refractivity contribution in [2.24, 2.45) is 0 Å². The summed E-state index contributed by atoms with van der Waals surface area (Å²) in [6, 6.07) is 14.1. The number of rotatable bonds is 5. The van der Waals surface area contributed by atoms with Gasteiger partial charge >= 0.3 is 0 Å². The number of aryl methyl sites for hydroxylation is 2. The summed E-state index contributed by atoms with van der Waals surface area (Å²) in [5.74, 6) is 2.22. The number of benzene rings is 2. The standard InChI is InChI=1S/C22H23N3O3S/c1-13-6-4-7-15(10-13)11-28-20-16(8-5-9-17(20)27-3)21-19-14(2)24-25-22(19)23-18(26)12-29-21/h4-10,21H,11-12H2,1-3H3,(H2,23,24,25,26)/t21-/m1/s1. The van der Waals surface area contributed by atoms with Gasteiger partial charge in [-0.3, -0.25) is 9.89 Å². The van der Waals surface area contributed by atoms with E-state index in [2.05, 4.69) is 34.6 Å². The molecule has 4 rings (SSSR count). The lowest BCUT2D eigenvalue weighted by Gasteiger charge is -2.21. The first kappa shape index (κ1) is 19.4. The molecule has 6 nitrogen and oxygen atoms in total. The number of nitrogens with one attached hydrogen (secondary N) is 2. The minimum Gasteiger partial charge on any atom is -0.493 e. The van der Waals surface area contributed by atoms with Gasteiger partial charge in [0, 0.05) is 16.8 Å². The first-order valence-corrected chi connectivity index (χ1v) is 10.4. The molecule has 1 amide bonds. The summed E-state index contributed by atoms with van der Waals surface area (Å²) in [5, 5.41) is 10.0.